The summed E-state index contributed by atoms with van der Waals surface area (Å²) < 4.78 is 30.9. The van der Waals surface area contributed by atoms with Crippen LogP contribution in [0, 0.1) is 13.8 Å². The Balaban J connectivity index is 1.20. The SMILES string of the molecule is COc1ccc(C(OC[C@@]23CN(c4nc(C)ns4)[C@@H]([C@H](n4cc(C)c(NC(=O)c5ccccc5)nc4=O)O2)[C@@H]3O)(c2ccccc2)c2ccc(OC)cc2)cc1. The van der Waals surface area contributed by atoms with Gasteiger partial charge in [-0.25, -0.2) is 9.78 Å². The molecule has 2 aliphatic rings. The Kier molecular flexibility index (Phi) is 9.89. The quantitative estimate of drug-likeness (QED) is 0.152. The summed E-state index contributed by atoms with van der Waals surface area (Å²) in [6.45, 7) is 3.65. The lowest BCUT2D eigenvalue weighted by molar-refractivity contribution is -0.159. The molecule has 2 fully saturated rings. The molecule has 4 atom stereocenters. The highest BCUT2D eigenvalue weighted by molar-refractivity contribution is 7.09. The van der Waals surface area contributed by atoms with Crippen molar-refractivity contribution in [2.75, 3.05) is 37.6 Å². The number of benzene rings is 4. The van der Waals surface area contributed by atoms with Crippen molar-refractivity contribution in [2.45, 2.75) is 43.4 Å². The summed E-state index contributed by atoms with van der Waals surface area (Å²) in [6.07, 6.45) is -0.548. The van der Waals surface area contributed by atoms with E-state index in [1.807, 2.05) is 89.8 Å². The van der Waals surface area contributed by atoms with Crippen molar-refractivity contribution in [1.29, 1.82) is 0 Å². The van der Waals surface area contributed by atoms with Gasteiger partial charge in [0.25, 0.3) is 5.91 Å². The lowest BCUT2D eigenvalue weighted by Gasteiger charge is -2.41. The van der Waals surface area contributed by atoms with Crippen molar-refractivity contribution >= 4 is 28.4 Å². The van der Waals surface area contributed by atoms with Gasteiger partial charge >= 0.3 is 5.69 Å². The Morgan fingerprint density at radius 3 is 2.05 bits per heavy atom. The molecule has 2 bridgehead atoms. The summed E-state index contributed by atoms with van der Waals surface area (Å²) in [5.74, 6) is 1.69. The minimum Gasteiger partial charge on any atom is -0.497 e. The zero-order chi connectivity index (χ0) is 39.0. The number of aryl methyl sites for hydroxylation is 2. The van der Waals surface area contributed by atoms with E-state index in [4.69, 9.17) is 18.9 Å². The molecule has 286 valence electrons. The van der Waals surface area contributed by atoms with Crippen LogP contribution in [-0.2, 0) is 15.1 Å². The van der Waals surface area contributed by atoms with Gasteiger partial charge in [0.05, 0.1) is 27.4 Å². The number of amides is 1. The van der Waals surface area contributed by atoms with Gasteiger partial charge in [0.1, 0.15) is 46.5 Å². The number of fused-ring (bicyclic) bond motifs is 2. The van der Waals surface area contributed by atoms with Crippen LogP contribution in [0.4, 0.5) is 10.9 Å². The molecule has 0 aliphatic carbocycles. The van der Waals surface area contributed by atoms with Gasteiger partial charge in [0.15, 0.2) is 6.23 Å². The van der Waals surface area contributed by atoms with Gasteiger partial charge in [0.2, 0.25) is 5.13 Å². The van der Waals surface area contributed by atoms with Crippen LogP contribution in [0.15, 0.2) is 120 Å². The molecule has 0 saturated carbocycles. The molecule has 14 heteroatoms. The lowest BCUT2D eigenvalue weighted by atomic mass is 9.79. The smallest absolute Gasteiger partial charge is 0.351 e. The van der Waals surface area contributed by atoms with E-state index in [1.54, 1.807) is 58.5 Å². The summed E-state index contributed by atoms with van der Waals surface area (Å²) >= 11 is 1.20. The van der Waals surface area contributed by atoms with Crippen molar-refractivity contribution in [3.8, 4) is 11.5 Å². The fourth-order valence-corrected chi connectivity index (χ4v) is 8.35. The van der Waals surface area contributed by atoms with Crippen LogP contribution in [0.1, 0.15) is 44.7 Å². The number of anilines is 2. The largest absolute Gasteiger partial charge is 0.497 e. The maximum absolute atomic E-state index is 13.9. The third-order valence-corrected chi connectivity index (χ3v) is 11.3. The molecule has 2 saturated heterocycles. The number of hydrogen-bond acceptors (Lipinski definition) is 12. The second kappa shape index (κ2) is 15.0. The van der Waals surface area contributed by atoms with Crippen molar-refractivity contribution in [1.82, 2.24) is 18.9 Å². The first-order valence-electron chi connectivity index (χ1n) is 18.0. The van der Waals surface area contributed by atoms with Gasteiger partial charge in [-0.15, -0.1) is 0 Å². The average molecular weight is 773 g/mol. The number of morpholine rings is 1. The molecule has 0 radical (unpaired) electrons. The Morgan fingerprint density at radius 1 is 0.893 bits per heavy atom. The molecule has 0 unspecified atom stereocenters. The number of aliphatic hydroxyl groups excluding tert-OH is 1. The van der Waals surface area contributed by atoms with Crippen molar-refractivity contribution < 1.29 is 28.8 Å². The molecular weight excluding hydrogens is 733 g/mol. The Labute approximate surface area is 327 Å². The number of rotatable bonds is 12. The number of carbonyl (C=O) groups is 1. The van der Waals surface area contributed by atoms with E-state index >= 15 is 0 Å². The zero-order valence-electron chi connectivity index (χ0n) is 31.2. The number of hydrogen-bond donors (Lipinski definition) is 2. The fourth-order valence-electron chi connectivity index (χ4n) is 7.63. The van der Waals surface area contributed by atoms with Crippen molar-refractivity contribution in [2.24, 2.45) is 0 Å². The molecule has 4 aromatic carbocycles. The highest BCUT2D eigenvalue weighted by atomic mass is 32.1. The van der Waals surface area contributed by atoms with E-state index in [9.17, 15) is 14.7 Å². The van der Waals surface area contributed by atoms with Crippen LogP contribution in [0.25, 0.3) is 0 Å². The second-order valence-corrected chi connectivity index (χ2v) is 14.6. The summed E-state index contributed by atoms with van der Waals surface area (Å²) in [7, 11) is 3.23. The molecule has 2 aliphatic heterocycles. The predicted molar refractivity (Wildman–Crippen MR) is 211 cm³/mol. The van der Waals surface area contributed by atoms with Crippen molar-refractivity contribution in [3.63, 3.8) is 0 Å². The van der Waals surface area contributed by atoms with Crippen LogP contribution in [-0.4, -0.2) is 75.0 Å². The van der Waals surface area contributed by atoms with E-state index in [2.05, 4.69) is 19.7 Å². The van der Waals surface area contributed by atoms with E-state index in [-0.39, 0.29) is 19.0 Å². The fraction of sp³-hybridized carbons (Fsp3) is 0.262. The maximum Gasteiger partial charge on any atom is 0.351 e. The summed E-state index contributed by atoms with van der Waals surface area (Å²) in [5, 5.41) is 15.7. The van der Waals surface area contributed by atoms with Crippen LogP contribution in [0.3, 0.4) is 0 Å². The Bertz CT molecular complexity index is 2340. The summed E-state index contributed by atoms with van der Waals surface area (Å²) in [4.78, 5) is 37.7. The van der Waals surface area contributed by atoms with Gasteiger partial charge in [-0.3, -0.25) is 9.36 Å². The van der Waals surface area contributed by atoms with Crippen LogP contribution < -0.4 is 25.4 Å². The Morgan fingerprint density at radius 2 is 1.48 bits per heavy atom. The van der Waals surface area contributed by atoms with Gasteiger partial charge in [-0.2, -0.15) is 9.36 Å². The molecule has 6 aromatic rings. The van der Waals surface area contributed by atoms with Crippen LogP contribution in [0.2, 0.25) is 0 Å². The first-order valence-corrected chi connectivity index (χ1v) is 18.8. The molecule has 2 aromatic heterocycles. The summed E-state index contributed by atoms with van der Waals surface area (Å²) in [5.41, 5.74) is 0.205. The number of aromatic nitrogens is 4. The molecule has 13 nitrogen and oxygen atoms in total. The minimum atomic E-state index is -1.35. The highest BCUT2D eigenvalue weighted by Gasteiger charge is 2.65. The first-order chi connectivity index (χ1) is 27.2. The van der Waals surface area contributed by atoms with Crippen molar-refractivity contribution in [3.05, 3.63) is 160 Å². The number of carbonyl (C=O) groups excluding carboxylic acids is 1. The van der Waals surface area contributed by atoms with Gasteiger partial charge < -0.3 is 34.3 Å². The van der Waals surface area contributed by atoms with E-state index in [1.165, 1.54) is 16.1 Å². The predicted octanol–water partition coefficient (Wildman–Crippen LogP) is 5.51. The standard InChI is InChI=1S/C42H40N6O7S/c1-26-23-47(39(51)45-36(26)44-37(50)28-11-7-5-8-12-28)38-34-35(49)41(55-38,24-48(34)40-43-27(2)46-56-40)25-54-42(29-13-9-6-10-14-29,30-15-19-32(52-3)20-16-30)31-17-21-33(53-4)22-18-31/h5-23,34-35,38,49H,24-25H2,1-4H3,(H,44,45,50,51)/t34-,35+,38-,41-/m1/s1. The molecule has 0 spiro atoms. The van der Waals surface area contributed by atoms with Crippen LogP contribution >= 0.6 is 11.5 Å². The average Bonchev–Trinajstić information content (AvgIpc) is 3.88. The molecule has 56 heavy (non-hydrogen) atoms. The minimum absolute atomic E-state index is 0.102. The number of methoxy groups -OCH3 is 2. The monoisotopic (exact) mass is 772 g/mol. The van der Waals surface area contributed by atoms with E-state index in [0.717, 1.165) is 16.7 Å². The lowest BCUT2D eigenvalue weighted by Crippen LogP contribution is -2.51. The molecular formula is C42H40N6O7S. The third kappa shape index (κ3) is 6.49. The number of aliphatic hydroxyl groups is 1. The normalized spacial score (nSPS) is 20.2. The van der Waals surface area contributed by atoms with E-state index < -0.39 is 41.2 Å². The number of nitrogens with one attached hydrogen (secondary N) is 1. The molecule has 4 heterocycles. The summed E-state index contributed by atoms with van der Waals surface area (Å²) in [6, 6.07) is 33.1. The molecule has 1 amide bonds. The Hall–Kier alpha value is -5.93. The molecule has 8 rings (SSSR count). The van der Waals surface area contributed by atoms with Crippen LogP contribution in [0.5, 0.6) is 11.5 Å². The topological polar surface area (TPSA) is 150 Å². The van der Waals surface area contributed by atoms with Gasteiger partial charge in [-0.1, -0.05) is 72.8 Å². The third-order valence-electron chi connectivity index (χ3n) is 10.5. The molecule has 2 N–H and O–H groups in total. The number of nitrogens with zero attached hydrogens (tertiary/aromatic N) is 5. The van der Waals surface area contributed by atoms with Gasteiger partial charge in [-0.05, 0) is 66.9 Å². The zero-order valence-corrected chi connectivity index (χ0v) is 32.0. The van der Waals surface area contributed by atoms with E-state index in [0.29, 0.717) is 33.6 Å². The first kappa shape index (κ1) is 37.0. The second-order valence-electron chi connectivity index (χ2n) is 13.8. The van der Waals surface area contributed by atoms with Gasteiger partial charge in [0, 0.05) is 28.9 Å². The number of ether oxygens (including phenoxy) is 4. The maximum atomic E-state index is 13.9. The highest BCUT2D eigenvalue weighted by Crippen LogP contribution is 2.51.